The molecule has 5 aromatic carbocycles. The first kappa shape index (κ1) is 35.1. The summed E-state index contributed by atoms with van der Waals surface area (Å²) < 4.78 is 11.2. The molecule has 270 valence electrons. The lowest BCUT2D eigenvalue weighted by Crippen LogP contribution is -2.03. The van der Waals surface area contributed by atoms with Crippen LogP contribution in [0.25, 0.3) is 55.7 Å². The summed E-state index contributed by atoms with van der Waals surface area (Å²) in [5.41, 5.74) is 15.0. The van der Waals surface area contributed by atoms with E-state index in [9.17, 15) is 0 Å². The van der Waals surface area contributed by atoms with E-state index in [2.05, 4.69) is 173 Å². The minimum absolute atomic E-state index is 0.279. The molecule has 0 aliphatic heterocycles. The van der Waals surface area contributed by atoms with Gasteiger partial charge in [-0.1, -0.05) is 93.4 Å². The van der Waals surface area contributed by atoms with Crippen LogP contribution in [0.2, 0.25) is 0 Å². The highest BCUT2D eigenvalue weighted by atomic mass is 16.5. The molecule has 0 spiro atoms. The molecule has 3 heterocycles. The van der Waals surface area contributed by atoms with Crippen LogP contribution in [0.5, 0.6) is 11.5 Å². The largest absolute Gasteiger partial charge is 0.457 e. The molecule has 0 bridgehead atoms. The van der Waals surface area contributed by atoms with Gasteiger partial charge in [-0.15, -0.1) is 0 Å². The lowest BCUT2D eigenvalue weighted by molar-refractivity contribution is 0.481. The highest BCUT2D eigenvalue weighted by Crippen LogP contribution is 2.42. The summed E-state index contributed by atoms with van der Waals surface area (Å²) in [7, 11) is 0. The maximum atomic E-state index is 6.85. The van der Waals surface area contributed by atoms with Crippen molar-refractivity contribution in [2.24, 2.45) is 0 Å². The van der Waals surface area contributed by atoms with Crippen molar-refractivity contribution in [2.75, 3.05) is 0 Å². The Labute approximate surface area is 318 Å². The third-order valence-corrected chi connectivity index (χ3v) is 10.6. The van der Waals surface area contributed by atoms with Crippen molar-refractivity contribution in [3.63, 3.8) is 0 Å². The van der Waals surface area contributed by atoms with Gasteiger partial charge in [0.05, 0.1) is 28.1 Å². The van der Waals surface area contributed by atoms with Crippen molar-refractivity contribution in [1.82, 2.24) is 19.3 Å². The van der Waals surface area contributed by atoms with E-state index >= 15 is 0 Å². The minimum Gasteiger partial charge on any atom is -0.457 e. The van der Waals surface area contributed by atoms with Crippen molar-refractivity contribution < 1.29 is 4.74 Å². The number of unbranched alkanes of at least 4 members (excludes halogenated alkanes) is 1. The topological polar surface area (TPSA) is 44.9 Å². The molecular weight excluding hydrogens is 661 g/mol. The Kier molecular flexibility index (Phi) is 9.41. The second-order valence-corrected chi connectivity index (χ2v) is 15.0. The number of hydrogen-bond donors (Lipinski definition) is 0. The Morgan fingerprint density at radius 3 is 2.19 bits per heavy atom. The Morgan fingerprint density at radius 2 is 1.43 bits per heavy atom. The van der Waals surface area contributed by atoms with Crippen LogP contribution in [0, 0.1) is 27.7 Å². The first-order chi connectivity index (χ1) is 26.2. The van der Waals surface area contributed by atoms with Crippen molar-refractivity contribution in [3.05, 3.63) is 155 Å². The lowest BCUT2D eigenvalue weighted by atomic mass is 9.90. The van der Waals surface area contributed by atoms with Crippen LogP contribution in [0.3, 0.4) is 0 Å². The maximum absolute atomic E-state index is 6.85. The fourth-order valence-corrected chi connectivity index (χ4v) is 8.09. The molecule has 0 N–H and O–H groups in total. The van der Waals surface area contributed by atoms with Crippen molar-refractivity contribution in [1.29, 1.82) is 0 Å². The van der Waals surface area contributed by atoms with E-state index in [0.29, 0.717) is 0 Å². The second kappa shape index (κ2) is 14.5. The van der Waals surface area contributed by atoms with E-state index in [-0.39, 0.29) is 5.92 Å². The zero-order valence-corrected chi connectivity index (χ0v) is 32.4. The highest BCUT2D eigenvalue weighted by Gasteiger charge is 2.24. The third-order valence-electron chi connectivity index (χ3n) is 10.6. The van der Waals surface area contributed by atoms with Crippen LogP contribution >= 0.6 is 0 Å². The maximum Gasteiger partial charge on any atom is 0.137 e. The van der Waals surface area contributed by atoms with Crippen molar-refractivity contribution in [2.45, 2.75) is 73.6 Å². The van der Waals surface area contributed by atoms with Crippen LogP contribution in [-0.2, 0) is 6.42 Å². The SMILES string of the molecule is CCCCc1ccnc(-n2c3ccccc3c3ccc(Oc4cc(C(C)C)cc(-n5nc(C)c(-c6c(C)cc(C)cc6C)c5-c5ccccc5)c4)cc32)c1. The van der Waals surface area contributed by atoms with E-state index in [1.54, 1.807) is 0 Å². The van der Waals surface area contributed by atoms with Gasteiger partial charge >= 0.3 is 0 Å². The van der Waals surface area contributed by atoms with Gasteiger partial charge in [-0.05, 0) is 117 Å². The predicted molar refractivity (Wildman–Crippen MR) is 225 cm³/mol. The van der Waals surface area contributed by atoms with Crippen LogP contribution in [0.1, 0.15) is 73.0 Å². The van der Waals surface area contributed by atoms with E-state index in [1.165, 1.54) is 49.7 Å². The molecule has 0 aliphatic carbocycles. The molecule has 8 rings (SSSR count). The van der Waals surface area contributed by atoms with Gasteiger partial charge < -0.3 is 4.74 Å². The van der Waals surface area contributed by atoms with Crippen LogP contribution in [0.15, 0.2) is 121 Å². The summed E-state index contributed by atoms with van der Waals surface area (Å²) >= 11 is 0. The molecule has 0 saturated heterocycles. The Balaban J connectivity index is 1.27. The van der Waals surface area contributed by atoms with Gasteiger partial charge in [0.1, 0.15) is 17.3 Å². The molecule has 5 heteroatoms. The number of ether oxygens (including phenoxy) is 1. The standard InChI is InChI=1S/C49H48N4O/c1-8-9-15-36-22-23-50-46(26-36)52-44-19-14-13-18-42(44)43-21-20-40(30-45(43)52)54-41-28-38(31(2)3)27-39(29-41)53-49(37-16-11-10-12-17-37)48(35(7)51-53)47-33(5)24-32(4)25-34(47)6/h10-14,16-31H,8-9,15H2,1-7H3. The van der Waals surface area contributed by atoms with Crippen LogP contribution in [-0.4, -0.2) is 19.3 Å². The molecule has 0 saturated carbocycles. The molecule has 3 aromatic heterocycles. The van der Waals surface area contributed by atoms with Crippen molar-refractivity contribution in [3.8, 4) is 45.4 Å². The quantitative estimate of drug-likeness (QED) is 0.142. The number of benzene rings is 5. The van der Waals surface area contributed by atoms with Gasteiger partial charge in [0.15, 0.2) is 0 Å². The van der Waals surface area contributed by atoms with Gasteiger partial charge in [0, 0.05) is 40.2 Å². The van der Waals surface area contributed by atoms with Gasteiger partial charge in [-0.2, -0.15) is 5.10 Å². The summed E-state index contributed by atoms with van der Waals surface area (Å²) in [5.74, 6) is 2.75. The number of hydrogen-bond acceptors (Lipinski definition) is 3. The van der Waals surface area contributed by atoms with Gasteiger partial charge in [0.2, 0.25) is 0 Å². The fourth-order valence-electron chi connectivity index (χ4n) is 8.09. The lowest BCUT2D eigenvalue weighted by Gasteiger charge is -2.17. The summed E-state index contributed by atoms with van der Waals surface area (Å²) in [6.07, 6.45) is 5.30. The third kappa shape index (κ3) is 6.49. The van der Waals surface area contributed by atoms with Crippen LogP contribution in [0.4, 0.5) is 0 Å². The van der Waals surface area contributed by atoms with E-state index in [1.807, 2.05) is 6.20 Å². The molecule has 5 nitrogen and oxygen atoms in total. The summed E-state index contributed by atoms with van der Waals surface area (Å²) in [6, 6.07) is 41.1. The van der Waals surface area contributed by atoms with E-state index in [4.69, 9.17) is 14.8 Å². The molecule has 54 heavy (non-hydrogen) atoms. The average molecular weight is 709 g/mol. The fraction of sp³-hybridized carbons (Fsp3) is 0.224. The Bertz CT molecular complexity index is 2620. The van der Waals surface area contributed by atoms with Gasteiger partial charge in [0.25, 0.3) is 0 Å². The monoisotopic (exact) mass is 708 g/mol. The second-order valence-electron chi connectivity index (χ2n) is 15.0. The average Bonchev–Trinajstić information content (AvgIpc) is 3.68. The Hall–Kier alpha value is -5.94. The molecule has 8 aromatic rings. The number of fused-ring (bicyclic) bond motifs is 3. The Morgan fingerprint density at radius 1 is 0.685 bits per heavy atom. The first-order valence-electron chi connectivity index (χ1n) is 19.2. The zero-order valence-electron chi connectivity index (χ0n) is 32.4. The molecule has 0 aliphatic rings. The summed E-state index contributed by atoms with van der Waals surface area (Å²) in [5, 5.41) is 7.64. The summed E-state index contributed by atoms with van der Waals surface area (Å²) in [6.45, 7) is 15.4. The molecule has 0 fully saturated rings. The molecular formula is C49H48N4O. The normalized spacial score (nSPS) is 11.6. The van der Waals surface area contributed by atoms with Crippen LogP contribution < -0.4 is 4.74 Å². The minimum atomic E-state index is 0.279. The van der Waals surface area contributed by atoms with Gasteiger partial charge in [-0.3, -0.25) is 4.57 Å². The number of aryl methyl sites for hydroxylation is 5. The van der Waals surface area contributed by atoms with Crippen molar-refractivity contribution >= 4 is 21.8 Å². The molecule has 0 amide bonds. The summed E-state index contributed by atoms with van der Waals surface area (Å²) in [4.78, 5) is 4.87. The first-order valence-corrected chi connectivity index (χ1v) is 19.2. The number of aromatic nitrogens is 4. The highest BCUT2D eigenvalue weighted by molar-refractivity contribution is 6.09. The number of para-hydroxylation sites is 1. The number of nitrogens with zero attached hydrogens (tertiary/aromatic N) is 4. The van der Waals surface area contributed by atoms with Gasteiger partial charge in [-0.25, -0.2) is 9.67 Å². The smallest absolute Gasteiger partial charge is 0.137 e. The molecule has 0 radical (unpaired) electrons. The number of pyridine rings is 1. The number of rotatable bonds is 10. The molecule has 0 atom stereocenters. The molecule has 0 unspecified atom stereocenters. The van der Waals surface area contributed by atoms with E-state index in [0.717, 1.165) is 70.3 Å². The van der Waals surface area contributed by atoms with E-state index < -0.39 is 0 Å². The zero-order chi connectivity index (χ0) is 37.5. The predicted octanol–water partition coefficient (Wildman–Crippen LogP) is 13.2.